The molecule has 30 heavy (non-hydrogen) atoms. The molecule has 7 nitrogen and oxygen atoms in total. The number of piperidine rings is 1. The molecule has 160 valence electrons. The Morgan fingerprint density at radius 3 is 2.67 bits per heavy atom. The summed E-state index contributed by atoms with van der Waals surface area (Å²) in [7, 11) is 0. The molecule has 1 aromatic carbocycles. The van der Waals surface area contributed by atoms with Crippen LogP contribution in [0.15, 0.2) is 40.0 Å². The molecule has 0 spiro atoms. The molecule has 0 aliphatic carbocycles. The van der Waals surface area contributed by atoms with Gasteiger partial charge in [-0.1, -0.05) is 23.9 Å². The molecule has 0 radical (unpaired) electrons. The Kier molecular flexibility index (Phi) is 5.77. The second kappa shape index (κ2) is 8.34. The lowest BCUT2D eigenvalue weighted by molar-refractivity contribution is 0.0219. The Labute approximate surface area is 180 Å². The number of fused-ring (bicyclic) bond motifs is 1. The lowest BCUT2D eigenvalue weighted by Gasteiger charge is -2.33. The second-order valence-electron chi connectivity index (χ2n) is 8.60. The molecule has 1 aliphatic rings. The minimum Gasteiger partial charge on any atom is -0.444 e. The highest BCUT2D eigenvalue weighted by Crippen LogP contribution is 2.33. The number of hydrogen-bond donors (Lipinski definition) is 0. The number of aryl methyl sites for hydroxylation is 1. The zero-order valence-electron chi connectivity index (χ0n) is 17.9. The first-order valence-corrected chi connectivity index (χ1v) is 11.2. The lowest BCUT2D eigenvalue weighted by Crippen LogP contribution is -2.42. The van der Waals surface area contributed by atoms with Crippen LogP contribution in [0.3, 0.4) is 0 Å². The Morgan fingerprint density at radius 1 is 1.27 bits per heavy atom. The van der Waals surface area contributed by atoms with Crippen LogP contribution in [0.5, 0.6) is 0 Å². The van der Waals surface area contributed by atoms with Crippen LogP contribution < -0.4 is 0 Å². The van der Waals surface area contributed by atoms with Gasteiger partial charge in [0.15, 0.2) is 11.0 Å². The normalized spacial score (nSPS) is 15.7. The maximum absolute atomic E-state index is 12.3. The fourth-order valence-electron chi connectivity index (χ4n) is 3.56. The van der Waals surface area contributed by atoms with Crippen molar-refractivity contribution >= 4 is 28.9 Å². The Balaban J connectivity index is 1.47. The van der Waals surface area contributed by atoms with Gasteiger partial charge in [-0.15, -0.1) is 0 Å². The maximum atomic E-state index is 12.3. The molecule has 0 bridgehead atoms. The van der Waals surface area contributed by atoms with Gasteiger partial charge >= 0.3 is 6.09 Å². The van der Waals surface area contributed by atoms with E-state index in [0.717, 1.165) is 34.8 Å². The predicted octanol–water partition coefficient (Wildman–Crippen LogP) is 4.87. The molecular formula is C22H28N4O3S. The van der Waals surface area contributed by atoms with Crippen molar-refractivity contribution in [2.45, 2.75) is 63.1 Å². The van der Waals surface area contributed by atoms with E-state index in [-0.39, 0.29) is 6.09 Å². The van der Waals surface area contributed by atoms with Crippen molar-refractivity contribution in [2.75, 3.05) is 13.1 Å². The van der Waals surface area contributed by atoms with E-state index < -0.39 is 5.60 Å². The summed E-state index contributed by atoms with van der Waals surface area (Å²) in [6.07, 6.45) is 3.37. The molecule has 4 rings (SSSR count). The van der Waals surface area contributed by atoms with Crippen LogP contribution in [0.25, 0.3) is 11.0 Å². The molecular weight excluding hydrogens is 400 g/mol. The monoisotopic (exact) mass is 428 g/mol. The van der Waals surface area contributed by atoms with E-state index in [9.17, 15) is 4.79 Å². The van der Waals surface area contributed by atoms with Crippen LogP contribution in [0.1, 0.15) is 45.3 Å². The van der Waals surface area contributed by atoms with Gasteiger partial charge in [0.2, 0.25) is 0 Å². The number of imidazole rings is 1. The molecule has 1 saturated heterocycles. The van der Waals surface area contributed by atoms with Gasteiger partial charge < -0.3 is 18.6 Å². The van der Waals surface area contributed by atoms with Gasteiger partial charge in [-0.2, -0.15) is 0 Å². The van der Waals surface area contributed by atoms with Crippen molar-refractivity contribution < 1.29 is 13.9 Å². The average molecular weight is 429 g/mol. The molecule has 3 aromatic rings. The minimum atomic E-state index is -0.466. The summed E-state index contributed by atoms with van der Waals surface area (Å²) in [4.78, 5) is 23.2. The molecule has 1 amide bonds. The molecule has 0 saturated carbocycles. The Hall–Kier alpha value is -2.48. The molecule has 2 aromatic heterocycles. The summed E-state index contributed by atoms with van der Waals surface area (Å²) in [6, 6.07) is 8.15. The molecule has 3 heterocycles. The van der Waals surface area contributed by atoms with E-state index in [1.165, 1.54) is 0 Å². The average Bonchev–Trinajstić information content (AvgIpc) is 3.25. The topological polar surface area (TPSA) is 73.4 Å². The van der Waals surface area contributed by atoms with Crippen molar-refractivity contribution in [3.63, 3.8) is 0 Å². The zero-order valence-corrected chi connectivity index (χ0v) is 18.7. The van der Waals surface area contributed by atoms with Gasteiger partial charge in [-0.3, -0.25) is 0 Å². The number of benzene rings is 1. The van der Waals surface area contributed by atoms with Crippen molar-refractivity contribution in [2.24, 2.45) is 0 Å². The molecule has 1 fully saturated rings. The zero-order chi connectivity index (χ0) is 21.3. The first kappa shape index (κ1) is 20.8. The fraction of sp³-hybridized carbons (Fsp3) is 0.500. The number of oxazole rings is 1. The standard InChI is InChI=1S/C22H28N4O3S/c1-15-23-13-16(28-15)14-26-19-8-6-5-7-18(19)24-20(26)30-17-9-11-25(12-10-17)21(27)29-22(2,3)4/h5-8,13,17H,9-12,14H2,1-4H3. The number of nitrogens with zero attached hydrogens (tertiary/aromatic N) is 4. The van der Waals surface area contributed by atoms with E-state index in [1.54, 1.807) is 18.0 Å². The summed E-state index contributed by atoms with van der Waals surface area (Å²) in [5.74, 6) is 1.48. The van der Waals surface area contributed by atoms with E-state index in [2.05, 4.69) is 15.6 Å². The smallest absolute Gasteiger partial charge is 0.410 e. The van der Waals surface area contributed by atoms with E-state index in [0.29, 0.717) is 30.8 Å². The molecule has 1 aliphatic heterocycles. The molecule has 0 N–H and O–H groups in total. The number of thioether (sulfide) groups is 1. The fourth-order valence-corrected chi connectivity index (χ4v) is 4.75. The minimum absolute atomic E-state index is 0.223. The lowest BCUT2D eigenvalue weighted by atomic mass is 10.1. The highest BCUT2D eigenvalue weighted by molar-refractivity contribution is 7.99. The third-order valence-electron chi connectivity index (χ3n) is 4.97. The van der Waals surface area contributed by atoms with Crippen molar-refractivity contribution in [1.29, 1.82) is 0 Å². The highest BCUT2D eigenvalue weighted by atomic mass is 32.2. The number of amides is 1. The third kappa shape index (κ3) is 4.80. The summed E-state index contributed by atoms with van der Waals surface area (Å²) in [5.41, 5.74) is 1.59. The molecule has 8 heteroatoms. The van der Waals surface area contributed by atoms with Crippen LogP contribution in [0.4, 0.5) is 4.79 Å². The quantitative estimate of drug-likeness (QED) is 0.590. The predicted molar refractivity (Wildman–Crippen MR) is 117 cm³/mol. The number of carbonyl (C=O) groups is 1. The maximum Gasteiger partial charge on any atom is 0.410 e. The summed E-state index contributed by atoms with van der Waals surface area (Å²) < 4.78 is 13.4. The molecule has 0 unspecified atom stereocenters. The van der Waals surface area contributed by atoms with Gasteiger partial charge in [0, 0.05) is 25.3 Å². The van der Waals surface area contributed by atoms with Gasteiger partial charge in [0.25, 0.3) is 0 Å². The highest BCUT2D eigenvalue weighted by Gasteiger charge is 2.28. The van der Waals surface area contributed by atoms with E-state index >= 15 is 0 Å². The van der Waals surface area contributed by atoms with Crippen molar-refractivity contribution in [3.05, 3.63) is 42.1 Å². The van der Waals surface area contributed by atoms with E-state index in [4.69, 9.17) is 14.1 Å². The number of aromatic nitrogens is 3. The SMILES string of the molecule is Cc1ncc(Cn2c(SC3CCN(C(=O)OC(C)(C)C)CC3)nc3ccccc32)o1. The van der Waals surface area contributed by atoms with Gasteiger partial charge in [-0.05, 0) is 45.7 Å². The molecule has 0 atom stereocenters. The number of ether oxygens (including phenoxy) is 1. The van der Waals surface area contributed by atoms with Crippen LogP contribution >= 0.6 is 11.8 Å². The van der Waals surface area contributed by atoms with Gasteiger partial charge in [-0.25, -0.2) is 14.8 Å². The number of hydrogen-bond acceptors (Lipinski definition) is 6. The van der Waals surface area contributed by atoms with Gasteiger partial charge in [0.1, 0.15) is 11.4 Å². The largest absolute Gasteiger partial charge is 0.444 e. The Morgan fingerprint density at radius 2 is 2.00 bits per heavy atom. The van der Waals surface area contributed by atoms with Crippen LogP contribution in [-0.2, 0) is 11.3 Å². The number of rotatable bonds is 4. The third-order valence-corrected chi connectivity index (χ3v) is 6.30. The first-order chi connectivity index (χ1) is 14.3. The first-order valence-electron chi connectivity index (χ1n) is 10.3. The Bertz CT molecular complexity index is 1030. The van der Waals surface area contributed by atoms with Gasteiger partial charge in [0.05, 0.1) is 23.8 Å². The summed E-state index contributed by atoms with van der Waals surface area (Å²) >= 11 is 1.78. The van der Waals surface area contributed by atoms with Crippen molar-refractivity contribution in [3.8, 4) is 0 Å². The summed E-state index contributed by atoms with van der Waals surface area (Å²) in [6.45, 7) is 9.54. The summed E-state index contributed by atoms with van der Waals surface area (Å²) in [5, 5.41) is 1.37. The number of likely N-dealkylation sites (tertiary alicyclic amines) is 1. The van der Waals surface area contributed by atoms with Crippen LogP contribution in [-0.4, -0.2) is 49.5 Å². The number of para-hydroxylation sites is 2. The second-order valence-corrected chi connectivity index (χ2v) is 9.87. The van der Waals surface area contributed by atoms with E-state index in [1.807, 2.05) is 50.8 Å². The van der Waals surface area contributed by atoms with Crippen LogP contribution in [0.2, 0.25) is 0 Å². The van der Waals surface area contributed by atoms with Crippen molar-refractivity contribution in [1.82, 2.24) is 19.4 Å². The number of carbonyl (C=O) groups excluding carboxylic acids is 1. The van der Waals surface area contributed by atoms with Crippen LogP contribution in [0, 0.1) is 6.92 Å².